The summed E-state index contributed by atoms with van der Waals surface area (Å²) in [5, 5.41) is 1.62. The molecule has 2 heterocycles. The molecular weight excluding hydrogens is 172 g/mol. The fourth-order valence-electron chi connectivity index (χ4n) is 1.17. The highest BCUT2D eigenvalue weighted by Gasteiger charge is 2.01. The molecule has 2 aromatic rings. The number of aromatic nitrogens is 2. The average molecular weight is 179 g/mol. The van der Waals surface area contributed by atoms with Crippen LogP contribution < -0.4 is 0 Å². The Balaban J connectivity index is 2.95. The van der Waals surface area contributed by atoms with Gasteiger partial charge in [-0.3, -0.25) is 9.97 Å². The summed E-state index contributed by atoms with van der Waals surface area (Å²) in [5.74, 6) is 0. The van der Waals surface area contributed by atoms with E-state index in [0.29, 0.717) is 5.02 Å². The van der Waals surface area contributed by atoms with Crippen LogP contribution in [0.2, 0.25) is 5.02 Å². The molecule has 0 saturated heterocycles. The summed E-state index contributed by atoms with van der Waals surface area (Å²) in [6.45, 7) is 1.92. The van der Waals surface area contributed by atoms with Crippen LogP contribution in [0.3, 0.4) is 0 Å². The molecule has 2 rings (SSSR count). The Kier molecular flexibility index (Phi) is 1.70. The van der Waals surface area contributed by atoms with Crippen molar-refractivity contribution in [2.45, 2.75) is 6.92 Å². The van der Waals surface area contributed by atoms with E-state index >= 15 is 0 Å². The van der Waals surface area contributed by atoms with Crippen LogP contribution in [-0.2, 0) is 0 Å². The smallest absolute Gasteiger partial charge is 0.0929 e. The van der Waals surface area contributed by atoms with Crippen LogP contribution in [-0.4, -0.2) is 9.97 Å². The van der Waals surface area contributed by atoms with Gasteiger partial charge in [-0.15, -0.1) is 0 Å². The molecule has 60 valence electrons. The van der Waals surface area contributed by atoms with Gasteiger partial charge in [0.05, 0.1) is 16.2 Å². The van der Waals surface area contributed by atoms with Crippen LogP contribution >= 0.6 is 11.6 Å². The van der Waals surface area contributed by atoms with Crippen molar-refractivity contribution in [3.8, 4) is 0 Å². The minimum absolute atomic E-state index is 0.656. The van der Waals surface area contributed by atoms with Crippen molar-refractivity contribution in [3.63, 3.8) is 0 Å². The van der Waals surface area contributed by atoms with Gasteiger partial charge in [-0.05, 0) is 19.1 Å². The third-order valence-electron chi connectivity index (χ3n) is 1.78. The van der Waals surface area contributed by atoms with Gasteiger partial charge < -0.3 is 0 Å². The van der Waals surface area contributed by atoms with E-state index in [1.165, 1.54) is 0 Å². The molecule has 0 radical (unpaired) electrons. The molecule has 0 aliphatic heterocycles. The Hall–Kier alpha value is -1.15. The van der Waals surface area contributed by atoms with E-state index in [2.05, 4.69) is 9.97 Å². The van der Waals surface area contributed by atoms with Gasteiger partial charge >= 0.3 is 0 Å². The van der Waals surface area contributed by atoms with Gasteiger partial charge in [0, 0.05) is 17.8 Å². The maximum Gasteiger partial charge on any atom is 0.0929 e. The Morgan fingerprint density at radius 1 is 1.33 bits per heavy atom. The van der Waals surface area contributed by atoms with Gasteiger partial charge in [-0.1, -0.05) is 11.6 Å². The standard InChI is InChI=1S/C9H7ClN2/c1-6-9-7(3-2-4-11-9)8(10)5-12-6/h2-5H,1H3. The van der Waals surface area contributed by atoms with Gasteiger partial charge in [0.15, 0.2) is 0 Å². The molecule has 12 heavy (non-hydrogen) atoms. The molecule has 0 fully saturated rings. The summed E-state index contributed by atoms with van der Waals surface area (Å²) < 4.78 is 0. The Morgan fingerprint density at radius 3 is 2.92 bits per heavy atom. The fourth-order valence-corrected chi connectivity index (χ4v) is 1.37. The molecule has 0 aliphatic rings. The van der Waals surface area contributed by atoms with Crippen molar-refractivity contribution >= 4 is 22.5 Å². The van der Waals surface area contributed by atoms with Crippen molar-refractivity contribution in [1.29, 1.82) is 0 Å². The van der Waals surface area contributed by atoms with Gasteiger partial charge in [0.25, 0.3) is 0 Å². The molecule has 0 unspecified atom stereocenters. The largest absolute Gasteiger partial charge is 0.258 e. The van der Waals surface area contributed by atoms with Crippen LogP contribution in [0.4, 0.5) is 0 Å². The highest BCUT2D eigenvalue weighted by atomic mass is 35.5. The third-order valence-corrected chi connectivity index (χ3v) is 2.08. The summed E-state index contributed by atoms with van der Waals surface area (Å²) >= 11 is 5.93. The number of halogens is 1. The Labute approximate surface area is 75.2 Å². The van der Waals surface area contributed by atoms with Crippen LogP contribution in [0.15, 0.2) is 24.5 Å². The zero-order valence-electron chi connectivity index (χ0n) is 6.58. The predicted molar refractivity (Wildman–Crippen MR) is 49.3 cm³/mol. The van der Waals surface area contributed by atoms with E-state index in [1.807, 2.05) is 19.1 Å². The second-order valence-corrected chi connectivity index (χ2v) is 3.00. The van der Waals surface area contributed by atoms with Crippen molar-refractivity contribution in [1.82, 2.24) is 9.97 Å². The number of nitrogens with zero attached hydrogens (tertiary/aromatic N) is 2. The first-order valence-corrected chi connectivity index (χ1v) is 4.02. The van der Waals surface area contributed by atoms with Gasteiger partial charge in [0.1, 0.15) is 0 Å². The maximum absolute atomic E-state index is 5.93. The molecule has 0 amide bonds. The lowest BCUT2D eigenvalue weighted by atomic mass is 10.2. The SMILES string of the molecule is Cc1ncc(Cl)c2cccnc12. The monoisotopic (exact) mass is 178 g/mol. The third kappa shape index (κ3) is 1.04. The first-order chi connectivity index (χ1) is 5.79. The summed E-state index contributed by atoms with van der Waals surface area (Å²) in [4.78, 5) is 8.31. The minimum atomic E-state index is 0.656. The Bertz CT molecular complexity index is 385. The molecule has 2 aromatic heterocycles. The lowest BCUT2D eigenvalue weighted by Crippen LogP contribution is -1.86. The molecule has 0 aliphatic carbocycles. The van der Waals surface area contributed by atoms with Crippen LogP contribution in [0, 0.1) is 6.92 Å². The first kappa shape index (κ1) is 7.50. The summed E-state index contributed by atoms with van der Waals surface area (Å²) in [5.41, 5.74) is 1.79. The lowest BCUT2D eigenvalue weighted by Gasteiger charge is -2.00. The zero-order chi connectivity index (χ0) is 8.55. The normalized spacial score (nSPS) is 10.5. The quantitative estimate of drug-likeness (QED) is 0.620. The maximum atomic E-state index is 5.93. The summed E-state index contributed by atoms with van der Waals surface area (Å²) in [7, 11) is 0. The van der Waals surface area contributed by atoms with Crippen LogP contribution in [0.5, 0.6) is 0 Å². The number of aryl methyl sites for hydroxylation is 1. The van der Waals surface area contributed by atoms with E-state index in [-0.39, 0.29) is 0 Å². The molecule has 0 spiro atoms. The molecule has 0 aromatic carbocycles. The second kappa shape index (κ2) is 2.72. The number of pyridine rings is 2. The minimum Gasteiger partial charge on any atom is -0.258 e. The zero-order valence-corrected chi connectivity index (χ0v) is 7.34. The van der Waals surface area contributed by atoms with Crippen molar-refractivity contribution < 1.29 is 0 Å². The van der Waals surface area contributed by atoms with Gasteiger partial charge in [-0.25, -0.2) is 0 Å². The van der Waals surface area contributed by atoms with E-state index < -0.39 is 0 Å². The van der Waals surface area contributed by atoms with E-state index in [4.69, 9.17) is 11.6 Å². The number of hydrogen-bond donors (Lipinski definition) is 0. The van der Waals surface area contributed by atoms with E-state index in [0.717, 1.165) is 16.6 Å². The number of rotatable bonds is 0. The average Bonchev–Trinajstić information content (AvgIpc) is 2.12. The lowest BCUT2D eigenvalue weighted by molar-refractivity contribution is 1.20. The highest BCUT2D eigenvalue weighted by Crippen LogP contribution is 2.21. The fraction of sp³-hybridized carbons (Fsp3) is 0.111. The van der Waals surface area contributed by atoms with Crippen molar-refractivity contribution in [2.24, 2.45) is 0 Å². The van der Waals surface area contributed by atoms with E-state index in [9.17, 15) is 0 Å². The van der Waals surface area contributed by atoms with E-state index in [1.54, 1.807) is 12.4 Å². The number of hydrogen-bond acceptors (Lipinski definition) is 2. The molecule has 0 saturated carbocycles. The highest BCUT2D eigenvalue weighted by molar-refractivity contribution is 6.35. The molecular formula is C9H7ClN2. The molecule has 0 N–H and O–H groups in total. The van der Waals surface area contributed by atoms with Gasteiger partial charge in [-0.2, -0.15) is 0 Å². The van der Waals surface area contributed by atoms with Gasteiger partial charge in [0.2, 0.25) is 0 Å². The van der Waals surface area contributed by atoms with Crippen LogP contribution in [0.1, 0.15) is 5.69 Å². The Morgan fingerprint density at radius 2 is 2.17 bits per heavy atom. The van der Waals surface area contributed by atoms with Crippen LogP contribution in [0.25, 0.3) is 10.9 Å². The molecule has 2 nitrogen and oxygen atoms in total. The first-order valence-electron chi connectivity index (χ1n) is 3.65. The predicted octanol–water partition coefficient (Wildman–Crippen LogP) is 2.59. The second-order valence-electron chi connectivity index (χ2n) is 2.59. The molecule has 0 bridgehead atoms. The van der Waals surface area contributed by atoms with Crippen molar-refractivity contribution in [2.75, 3.05) is 0 Å². The molecule has 3 heteroatoms. The summed E-state index contributed by atoms with van der Waals surface area (Å²) in [6, 6.07) is 3.81. The molecule has 0 atom stereocenters. The topological polar surface area (TPSA) is 25.8 Å². The summed E-state index contributed by atoms with van der Waals surface area (Å²) in [6.07, 6.45) is 3.40. The number of fused-ring (bicyclic) bond motifs is 1. The van der Waals surface area contributed by atoms with Crippen molar-refractivity contribution in [3.05, 3.63) is 35.2 Å².